The summed E-state index contributed by atoms with van der Waals surface area (Å²) in [5, 5.41) is 7.20. The van der Waals surface area contributed by atoms with E-state index in [1.54, 1.807) is 0 Å². The van der Waals surface area contributed by atoms with Crippen LogP contribution < -0.4 is 0 Å². The first-order valence-electron chi connectivity index (χ1n) is 21.1. The van der Waals surface area contributed by atoms with Crippen molar-refractivity contribution >= 4 is 60.1 Å². The normalized spacial score (nSPS) is 14.0. The molecule has 3 heteroatoms. The highest BCUT2D eigenvalue weighted by Gasteiger charge is 2.18. The standard InChI is InChI=1S/C58H39N3/c1-2-11-38(12-3-1)39-29-32-47(33-30-39)61-55-20-9-8-17-50(55)53-36-46(31-34-56(53)61)42-23-21-40(22-24-42)44-13-10-14-45(35-44)41-25-27-43(28-26-41)54-37-59-57-51-18-6-4-15-48(51)49-16-5-7-19-52(49)58(57)60-54/h1-29,31-37,39H,30H2. The van der Waals surface area contributed by atoms with Gasteiger partial charge in [-0.1, -0.05) is 182 Å². The Hall–Kier alpha value is -7.88. The number of aromatic nitrogens is 3. The molecule has 0 aliphatic heterocycles. The number of benzene rings is 9. The van der Waals surface area contributed by atoms with Crippen molar-refractivity contribution in [2.45, 2.75) is 12.3 Å². The summed E-state index contributed by atoms with van der Waals surface area (Å²) in [5.41, 5.74) is 16.0. The predicted octanol–water partition coefficient (Wildman–Crippen LogP) is 15.3. The van der Waals surface area contributed by atoms with Crippen molar-refractivity contribution in [2.24, 2.45) is 0 Å². The maximum absolute atomic E-state index is 5.20. The maximum atomic E-state index is 5.20. The van der Waals surface area contributed by atoms with Crippen LogP contribution in [0.5, 0.6) is 0 Å². The van der Waals surface area contributed by atoms with Crippen LogP contribution in [-0.2, 0) is 0 Å². The molecule has 0 saturated carbocycles. The van der Waals surface area contributed by atoms with Crippen LogP contribution in [0.4, 0.5) is 0 Å². The van der Waals surface area contributed by atoms with Gasteiger partial charge < -0.3 is 4.57 Å². The largest absolute Gasteiger partial charge is 0.310 e. The summed E-state index contributed by atoms with van der Waals surface area (Å²) in [4.78, 5) is 10.2. The second-order valence-electron chi connectivity index (χ2n) is 16.1. The quantitative estimate of drug-likeness (QED) is 0.157. The van der Waals surface area contributed by atoms with E-state index in [1.807, 2.05) is 6.20 Å². The molecule has 0 bridgehead atoms. The van der Waals surface area contributed by atoms with Crippen LogP contribution in [0, 0.1) is 0 Å². The smallest absolute Gasteiger partial charge is 0.0979 e. The number of hydrogen-bond donors (Lipinski definition) is 0. The first kappa shape index (κ1) is 35.1. The topological polar surface area (TPSA) is 30.7 Å². The fourth-order valence-electron chi connectivity index (χ4n) is 9.48. The van der Waals surface area contributed by atoms with E-state index in [0.29, 0.717) is 5.92 Å². The number of nitrogens with zero attached hydrogens (tertiary/aromatic N) is 3. The molecule has 0 saturated heterocycles. The molecular formula is C58H39N3. The lowest BCUT2D eigenvalue weighted by molar-refractivity contribution is 0.850. The number of para-hydroxylation sites is 1. The minimum absolute atomic E-state index is 0.406. The highest BCUT2D eigenvalue weighted by Crippen LogP contribution is 2.39. The molecule has 1 atom stereocenters. The fraction of sp³-hybridized carbons (Fsp3) is 0.0345. The van der Waals surface area contributed by atoms with E-state index in [2.05, 4.69) is 217 Å². The summed E-state index contributed by atoms with van der Waals surface area (Å²) in [6.45, 7) is 0. The molecule has 0 radical (unpaired) electrons. The summed E-state index contributed by atoms with van der Waals surface area (Å²) >= 11 is 0. The summed E-state index contributed by atoms with van der Waals surface area (Å²) in [7, 11) is 0. The highest BCUT2D eigenvalue weighted by atomic mass is 15.0. The molecule has 0 N–H and O–H groups in total. The lowest BCUT2D eigenvalue weighted by Crippen LogP contribution is -2.02. The molecular weight excluding hydrogens is 739 g/mol. The maximum Gasteiger partial charge on any atom is 0.0979 e. The van der Waals surface area contributed by atoms with E-state index in [-0.39, 0.29) is 0 Å². The number of fused-ring (bicyclic) bond motifs is 9. The molecule has 1 unspecified atom stereocenters. The average Bonchev–Trinajstić information content (AvgIpc) is 3.68. The second-order valence-corrected chi connectivity index (χ2v) is 16.1. The lowest BCUT2D eigenvalue weighted by atomic mass is 9.92. The van der Waals surface area contributed by atoms with Crippen LogP contribution >= 0.6 is 0 Å². The molecule has 12 rings (SSSR count). The molecule has 11 aromatic rings. The molecule has 2 heterocycles. The number of allylic oxidation sites excluding steroid dienone is 4. The Balaban J connectivity index is 0.816. The van der Waals surface area contributed by atoms with E-state index < -0.39 is 0 Å². The Labute approximate surface area is 354 Å². The van der Waals surface area contributed by atoms with Gasteiger partial charge in [0.25, 0.3) is 0 Å². The van der Waals surface area contributed by atoms with E-state index in [0.717, 1.165) is 45.0 Å². The minimum atomic E-state index is 0.406. The van der Waals surface area contributed by atoms with Gasteiger partial charge in [-0.2, -0.15) is 0 Å². The molecule has 0 fully saturated rings. The van der Waals surface area contributed by atoms with Crippen molar-refractivity contribution in [3.8, 4) is 44.6 Å². The second kappa shape index (κ2) is 14.4. The SMILES string of the molecule is C1=CC(c2ccccc2)CC=C1n1c2ccccc2c2cc(-c3ccc(-c4cccc(-c5ccc(-c6cnc7c8ccccc8c8ccccc8c7n6)cc5)c4)cc3)ccc21. The molecule has 61 heavy (non-hydrogen) atoms. The Morgan fingerprint density at radius 1 is 0.410 bits per heavy atom. The molecule has 3 nitrogen and oxygen atoms in total. The van der Waals surface area contributed by atoms with E-state index >= 15 is 0 Å². The lowest BCUT2D eigenvalue weighted by Gasteiger charge is -2.18. The Kier molecular flexibility index (Phi) is 8.31. The van der Waals surface area contributed by atoms with E-state index in [1.165, 1.54) is 71.7 Å². The highest BCUT2D eigenvalue weighted by molar-refractivity contribution is 6.23. The van der Waals surface area contributed by atoms with Crippen molar-refractivity contribution in [1.29, 1.82) is 0 Å². The average molecular weight is 778 g/mol. The molecule has 1 aliphatic carbocycles. The van der Waals surface area contributed by atoms with Crippen LogP contribution in [-0.4, -0.2) is 14.5 Å². The first-order valence-corrected chi connectivity index (χ1v) is 21.1. The summed E-state index contributed by atoms with van der Waals surface area (Å²) in [5.74, 6) is 0.406. The minimum Gasteiger partial charge on any atom is -0.310 e. The van der Waals surface area contributed by atoms with Gasteiger partial charge in [0.2, 0.25) is 0 Å². The molecule has 0 amide bonds. The first-order chi connectivity index (χ1) is 30.2. The van der Waals surface area contributed by atoms with Gasteiger partial charge in [0, 0.05) is 38.7 Å². The van der Waals surface area contributed by atoms with Gasteiger partial charge in [-0.05, 0) is 86.5 Å². The van der Waals surface area contributed by atoms with Gasteiger partial charge in [-0.25, -0.2) is 4.98 Å². The number of hydrogen-bond acceptors (Lipinski definition) is 2. The fourth-order valence-corrected chi connectivity index (χ4v) is 9.48. The van der Waals surface area contributed by atoms with Gasteiger partial charge >= 0.3 is 0 Å². The van der Waals surface area contributed by atoms with Gasteiger partial charge in [-0.15, -0.1) is 0 Å². The zero-order valence-electron chi connectivity index (χ0n) is 33.4. The Morgan fingerprint density at radius 2 is 0.951 bits per heavy atom. The summed E-state index contributed by atoms with van der Waals surface area (Å²) in [6, 6.07) is 70.0. The van der Waals surface area contributed by atoms with Crippen LogP contribution in [0.1, 0.15) is 17.9 Å². The van der Waals surface area contributed by atoms with Crippen LogP contribution in [0.3, 0.4) is 0 Å². The third kappa shape index (κ3) is 6.05. The summed E-state index contributed by atoms with van der Waals surface area (Å²) < 4.78 is 2.43. The molecule has 1 aliphatic rings. The molecule has 9 aromatic carbocycles. The number of rotatable bonds is 6. The Morgan fingerprint density at radius 3 is 1.61 bits per heavy atom. The predicted molar refractivity (Wildman–Crippen MR) is 257 cm³/mol. The monoisotopic (exact) mass is 777 g/mol. The van der Waals surface area contributed by atoms with Gasteiger partial charge in [0.05, 0.1) is 34.0 Å². The molecule has 2 aromatic heterocycles. The van der Waals surface area contributed by atoms with E-state index in [9.17, 15) is 0 Å². The van der Waals surface area contributed by atoms with Crippen LogP contribution in [0.15, 0.2) is 219 Å². The van der Waals surface area contributed by atoms with Gasteiger partial charge in [0.1, 0.15) is 0 Å². The van der Waals surface area contributed by atoms with Crippen LogP contribution in [0.2, 0.25) is 0 Å². The van der Waals surface area contributed by atoms with Gasteiger partial charge in [0.15, 0.2) is 0 Å². The van der Waals surface area contributed by atoms with Crippen LogP contribution in [0.25, 0.3) is 105 Å². The third-order valence-corrected chi connectivity index (χ3v) is 12.6. The van der Waals surface area contributed by atoms with Crippen molar-refractivity contribution in [3.63, 3.8) is 0 Å². The van der Waals surface area contributed by atoms with Gasteiger partial charge in [-0.3, -0.25) is 4.98 Å². The summed E-state index contributed by atoms with van der Waals surface area (Å²) in [6.07, 6.45) is 9.95. The Bertz CT molecular complexity index is 3500. The molecule has 286 valence electrons. The van der Waals surface area contributed by atoms with Crippen molar-refractivity contribution in [3.05, 3.63) is 224 Å². The molecule has 0 spiro atoms. The van der Waals surface area contributed by atoms with Crippen molar-refractivity contribution in [1.82, 2.24) is 14.5 Å². The zero-order chi connectivity index (χ0) is 40.3. The third-order valence-electron chi connectivity index (χ3n) is 12.6. The van der Waals surface area contributed by atoms with Crippen molar-refractivity contribution in [2.75, 3.05) is 0 Å². The van der Waals surface area contributed by atoms with Crippen molar-refractivity contribution < 1.29 is 0 Å². The van der Waals surface area contributed by atoms with E-state index in [4.69, 9.17) is 9.97 Å². The zero-order valence-corrected chi connectivity index (χ0v) is 33.4.